The van der Waals surface area contributed by atoms with Crippen LogP contribution in [0.5, 0.6) is 17.2 Å². The first-order valence-electron chi connectivity index (χ1n) is 16.9. The number of ketones is 1. The number of hydrogen-bond acceptors (Lipinski definition) is 5. The highest BCUT2D eigenvalue weighted by Gasteiger charge is 2.25. The van der Waals surface area contributed by atoms with Gasteiger partial charge in [0.15, 0.2) is 11.5 Å². The van der Waals surface area contributed by atoms with Crippen molar-refractivity contribution in [1.82, 2.24) is 0 Å². The molecule has 5 nitrogen and oxygen atoms in total. The van der Waals surface area contributed by atoms with Crippen molar-refractivity contribution in [2.75, 3.05) is 7.11 Å². The number of phenolic OH excluding ortho intramolecular Hbond substituents is 1. The number of unbranched alkanes of at least 4 members (excludes halogenated alkanes) is 4. The van der Waals surface area contributed by atoms with Crippen molar-refractivity contribution in [3.8, 4) is 29.3 Å². The number of Topliss-reactive ketones (excluding diaryl/α,β-unsaturated/α-hetero) is 1. The number of methoxy groups -OCH3 is 1. The van der Waals surface area contributed by atoms with Crippen LogP contribution >= 0.6 is 0 Å². The molecule has 0 amide bonds. The third kappa shape index (κ3) is 7.85. The summed E-state index contributed by atoms with van der Waals surface area (Å²) in [5.41, 5.74) is 5.57. The third-order valence-electron chi connectivity index (χ3n) is 9.39. The summed E-state index contributed by atoms with van der Waals surface area (Å²) in [6.45, 7) is 0.393. The Balaban J connectivity index is 1.19. The standard InChI is InChI=1S/C41H44O5/c1-44-38-21-15-30-14-19-35(42)27-36(13-9-4-2-3-6-10-29-11-7-5-8-12-29)45-23-22-32-16-17-33-24-31(28-46-39(38)26-30)25-34-18-20-37(43)41(32)40(33)34/h5,7-8,11-12,15,18,20-21,24-26,32,36,43H,2-4,6,9-10,13-14,16-17,19,27-28H2,1H3. The molecule has 1 N–H and O–H groups in total. The number of ether oxygens (including phenoxy) is 3. The zero-order valence-corrected chi connectivity index (χ0v) is 26.9. The summed E-state index contributed by atoms with van der Waals surface area (Å²) in [6, 6.07) is 24.6. The molecule has 5 heteroatoms. The van der Waals surface area contributed by atoms with E-state index in [1.54, 1.807) is 13.2 Å². The van der Waals surface area contributed by atoms with Gasteiger partial charge in [-0.25, -0.2) is 0 Å². The van der Waals surface area contributed by atoms with E-state index in [0.717, 1.165) is 66.0 Å². The van der Waals surface area contributed by atoms with Gasteiger partial charge in [-0.1, -0.05) is 73.7 Å². The van der Waals surface area contributed by atoms with Crippen LogP contribution in [0.3, 0.4) is 0 Å². The van der Waals surface area contributed by atoms with Gasteiger partial charge in [0.1, 0.15) is 30.4 Å². The van der Waals surface area contributed by atoms with Gasteiger partial charge in [0.05, 0.1) is 13.0 Å². The van der Waals surface area contributed by atoms with Gasteiger partial charge < -0.3 is 19.3 Å². The molecule has 2 aliphatic heterocycles. The predicted octanol–water partition coefficient (Wildman–Crippen LogP) is 9.00. The lowest BCUT2D eigenvalue weighted by Crippen LogP contribution is -2.17. The van der Waals surface area contributed by atoms with Crippen molar-refractivity contribution < 1.29 is 24.1 Å². The second-order valence-corrected chi connectivity index (χ2v) is 12.7. The number of carbonyl (C=O) groups is 1. The minimum Gasteiger partial charge on any atom is -0.508 e. The van der Waals surface area contributed by atoms with Gasteiger partial charge in [0.2, 0.25) is 0 Å². The number of fused-ring (bicyclic) bond motifs is 7. The summed E-state index contributed by atoms with van der Waals surface area (Å²) in [6.07, 6.45) is 13.4. The van der Waals surface area contributed by atoms with Crippen LogP contribution < -0.4 is 9.47 Å². The molecule has 4 aromatic rings. The van der Waals surface area contributed by atoms with Crippen molar-refractivity contribution in [2.24, 2.45) is 0 Å². The van der Waals surface area contributed by atoms with Gasteiger partial charge in [-0.2, -0.15) is 0 Å². The van der Waals surface area contributed by atoms with Crippen molar-refractivity contribution in [3.05, 3.63) is 101 Å². The molecule has 0 saturated heterocycles. The molecule has 1 aliphatic carbocycles. The largest absolute Gasteiger partial charge is 0.508 e. The maximum atomic E-state index is 13.2. The van der Waals surface area contributed by atoms with Crippen molar-refractivity contribution >= 4 is 16.6 Å². The maximum absolute atomic E-state index is 13.2. The van der Waals surface area contributed by atoms with Crippen LogP contribution in [0.4, 0.5) is 0 Å². The molecule has 2 heterocycles. The van der Waals surface area contributed by atoms with Crippen molar-refractivity contribution in [2.45, 2.75) is 95.7 Å². The molecule has 8 bridgehead atoms. The molecule has 3 aliphatic rings. The molecule has 0 radical (unpaired) electrons. The number of hydrogen-bond donors (Lipinski definition) is 1. The maximum Gasteiger partial charge on any atom is 0.161 e. The Kier molecular flexibility index (Phi) is 10.4. The second kappa shape index (κ2) is 15.2. The normalized spacial score (nSPS) is 17.8. The quantitative estimate of drug-likeness (QED) is 0.150. The fourth-order valence-corrected chi connectivity index (χ4v) is 6.92. The Bertz CT molecular complexity index is 1710. The Labute approximate surface area is 272 Å². The van der Waals surface area contributed by atoms with Gasteiger partial charge in [-0.3, -0.25) is 4.79 Å². The van der Waals surface area contributed by atoms with Gasteiger partial charge in [-0.15, -0.1) is 0 Å². The van der Waals surface area contributed by atoms with E-state index in [1.165, 1.54) is 30.4 Å². The number of aryl methyl sites for hydroxylation is 3. The zero-order chi connectivity index (χ0) is 31.7. The fourth-order valence-electron chi connectivity index (χ4n) is 6.92. The molecule has 0 saturated carbocycles. The van der Waals surface area contributed by atoms with Gasteiger partial charge in [0.25, 0.3) is 0 Å². The number of rotatable bonds is 9. The highest BCUT2D eigenvalue weighted by Crippen LogP contribution is 2.42. The Morgan fingerprint density at radius 3 is 2.61 bits per heavy atom. The smallest absolute Gasteiger partial charge is 0.161 e. The average Bonchev–Trinajstić information content (AvgIpc) is 3.08. The fraction of sp³-hybridized carbons (Fsp3) is 0.390. The topological polar surface area (TPSA) is 65.0 Å². The van der Waals surface area contributed by atoms with E-state index >= 15 is 0 Å². The predicted molar refractivity (Wildman–Crippen MR) is 182 cm³/mol. The van der Waals surface area contributed by atoms with Crippen LogP contribution in [0.15, 0.2) is 72.8 Å². The number of benzene rings is 4. The van der Waals surface area contributed by atoms with Gasteiger partial charge in [-0.05, 0) is 102 Å². The molecule has 0 fully saturated rings. The zero-order valence-electron chi connectivity index (χ0n) is 26.9. The summed E-state index contributed by atoms with van der Waals surface area (Å²) < 4.78 is 18.0. The van der Waals surface area contributed by atoms with E-state index in [4.69, 9.17) is 14.2 Å². The van der Waals surface area contributed by atoms with E-state index in [2.05, 4.69) is 54.5 Å². The lowest BCUT2D eigenvalue weighted by atomic mass is 9.80. The molecular weight excluding hydrogens is 572 g/mol. The molecule has 46 heavy (non-hydrogen) atoms. The molecule has 2 atom stereocenters. The van der Waals surface area contributed by atoms with Crippen LogP contribution in [0, 0.1) is 12.0 Å². The molecule has 4 aromatic carbocycles. The first kappa shape index (κ1) is 31.5. The lowest BCUT2D eigenvalue weighted by Gasteiger charge is -2.24. The summed E-state index contributed by atoms with van der Waals surface area (Å²) in [7, 11) is 1.64. The van der Waals surface area contributed by atoms with Crippen LogP contribution in [0.25, 0.3) is 10.8 Å². The molecule has 0 aromatic heterocycles. The molecule has 2 unspecified atom stereocenters. The van der Waals surface area contributed by atoms with Crippen LogP contribution in [0.2, 0.25) is 0 Å². The molecular formula is C41H44O5. The van der Waals surface area contributed by atoms with E-state index < -0.39 is 0 Å². The lowest BCUT2D eigenvalue weighted by molar-refractivity contribution is -0.121. The average molecular weight is 617 g/mol. The minimum absolute atomic E-state index is 0.132. The number of carbonyl (C=O) groups excluding carboxylic acids is 1. The Hall–Kier alpha value is -4.43. The summed E-state index contributed by atoms with van der Waals surface area (Å²) in [5.74, 6) is 4.98. The Morgan fingerprint density at radius 2 is 1.74 bits per heavy atom. The van der Waals surface area contributed by atoms with E-state index in [9.17, 15) is 9.90 Å². The van der Waals surface area contributed by atoms with E-state index in [-0.39, 0.29) is 23.6 Å². The highest BCUT2D eigenvalue weighted by molar-refractivity contribution is 5.93. The van der Waals surface area contributed by atoms with E-state index in [0.29, 0.717) is 37.4 Å². The van der Waals surface area contributed by atoms with Crippen molar-refractivity contribution in [3.63, 3.8) is 0 Å². The minimum atomic E-state index is -0.246. The number of phenols is 1. The molecule has 7 rings (SSSR count). The highest BCUT2D eigenvalue weighted by atomic mass is 16.5. The van der Waals surface area contributed by atoms with Crippen LogP contribution in [-0.2, 0) is 35.4 Å². The van der Waals surface area contributed by atoms with Crippen molar-refractivity contribution in [1.29, 1.82) is 0 Å². The van der Waals surface area contributed by atoms with E-state index in [1.807, 2.05) is 24.3 Å². The molecule has 0 spiro atoms. The molecule has 238 valence electrons. The SMILES string of the molecule is COc1ccc2cc1OCc1cc3c4c(c(O)ccc4c1)C(C#COC(CCCCCCCc1ccccc1)CC(=O)CC2)CC3. The summed E-state index contributed by atoms with van der Waals surface area (Å²) in [5, 5.41) is 13.1. The summed E-state index contributed by atoms with van der Waals surface area (Å²) >= 11 is 0. The second-order valence-electron chi connectivity index (χ2n) is 12.7. The third-order valence-corrected chi connectivity index (χ3v) is 9.39. The number of aromatic hydroxyl groups is 1. The first-order valence-corrected chi connectivity index (χ1v) is 16.9. The van der Waals surface area contributed by atoms with Gasteiger partial charge in [0, 0.05) is 18.4 Å². The monoisotopic (exact) mass is 616 g/mol. The Morgan fingerprint density at radius 1 is 0.891 bits per heavy atom. The summed E-state index contributed by atoms with van der Waals surface area (Å²) in [4.78, 5) is 13.2. The first-order chi connectivity index (χ1) is 22.6. The van der Waals surface area contributed by atoms with Crippen LogP contribution in [-0.4, -0.2) is 24.1 Å². The van der Waals surface area contributed by atoms with Crippen LogP contribution in [0.1, 0.15) is 91.5 Å². The van der Waals surface area contributed by atoms with Gasteiger partial charge >= 0.3 is 0 Å².